The third-order valence-electron chi connectivity index (χ3n) is 2.29. The maximum absolute atomic E-state index is 13.9. The minimum absolute atomic E-state index is 0.00779. The second-order valence-corrected chi connectivity index (χ2v) is 7.33. The molecule has 0 saturated carbocycles. The maximum atomic E-state index is 13.9. The highest BCUT2D eigenvalue weighted by molar-refractivity contribution is 9.10. The number of carboxylic acid groups (broad SMARTS) is 1. The Morgan fingerprint density at radius 3 is 2.67 bits per heavy atom. The summed E-state index contributed by atoms with van der Waals surface area (Å²) in [5.74, 6) is -1.47. The molecule has 0 unspecified atom stereocenters. The minimum Gasteiger partial charge on any atom is -0.464 e. The fourth-order valence-corrected chi connectivity index (χ4v) is 3.88. The molecule has 1 aromatic heterocycles. The van der Waals surface area contributed by atoms with E-state index in [0.717, 1.165) is 23.5 Å². The number of amides is 1. The van der Waals surface area contributed by atoms with Gasteiger partial charge in [-0.05, 0) is 28.1 Å². The van der Waals surface area contributed by atoms with Crippen molar-refractivity contribution in [3.8, 4) is 0 Å². The fourth-order valence-electron chi connectivity index (χ4n) is 1.43. The lowest BCUT2D eigenvalue weighted by Gasteiger charge is -2.17. The molecule has 6 nitrogen and oxygen atoms in total. The van der Waals surface area contributed by atoms with Gasteiger partial charge in [0.2, 0.25) is 0 Å². The summed E-state index contributed by atoms with van der Waals surface area (Å²) >= 11 is 9.69. The van der Waals surface area contributed by atoms with E-state index in [9.17, 15) is 17.6 Å². The van der Waals surface area contributed by atoms with Gasteiger partial charge in [0.1, 0.15) is 10.7 Å². The molecule has 0 spiro atoms. The van der Waals surface area contributed by atoms with Gasteiger partial charge in [0.05, 0.1) is 10.5 Å². The Labute approximate surface area is 136 Å². The highest BCUT2D eigenvalue weighted by Crippen LogP contribution is 2.31. The van der Waals surface area contributed by atoms with Crippen LogP contribution in [-0.2, 0) is 10.0 Å². The van der Waals surface area contributed by atoms with Crippen LogP contribution in [0.4, 0.5) is 15.0 Å². The standard InChI is InChI=1S/C10H5BrClFN2O4S2/c11-5-1-7(13)8(2-6(5)12)21(18,19)15(10(16)17)9-3-20-4-14-9/h1-4H,(H,16,17). The van der Waals surface area contributed by atoms with Crippen LogP contribution >= 0.6 is 38.9 Å². The zero-order chi connectivity index (χ0) is 15.8. The van der Waals surface area contributed by atoms with Gasteiger partial charge in [0, 0.05) is 9.85 Å². The molecule has 112 valence electrons. The molecule has 0 fully saturated rings. The van der Waals surface area contributed by atoms with Gasteiger partial charge >= 0.3 is 6.09 Å². The van der Waals surface area contributed by atoms with Crippen LogP contribution in [0.2, 0.25) is 5.02 Å². The van der Waals surface area contributed by atoms with Gasteiger partial charge < -0.3 is 5.11 Å². The van der Waals surface area contributed by atoms with Crippen LogP contribution in [0, 0.1) is 5.82 Å². The van der Waals surface area contributed by atoms with Crippen molar-refractivity contribution >= 4 is 60.8 Å². The van der Waals surface area contributed by atoms with Crippen molar-refractivity contribution in [2.45, 2.75) is 4.90 Å². The molecular weight excluding hydrogens is 411 g/mol. The Kier molecular flexibility index (Phi) is 4.51. The molecule has 1 N–H and O–H groups in total. The van der Waals surface area contributed by atoms with E-state index in [4.69, 9.17) is 16.7 Å². The van der Waals surface area contributed by atoms with Crippen molar-refractivity contribution in [3.05, 3.63) is 38.3 Å². The van der Waals surface area contributed by atoms with Crippen LogP contribution in [0.15, 0.2) is 32.4 Å². The number of sulfonamides is 1. The summed E-state index contributed by atoms with van der Waals surface area (Å²) in [7, 11) is -4.70. The van der Waals surface area contributed by atoms with Crippen LogP contribution in [-0.4, -0.2) is 24.6 Å². The predicted octanol–water partition coefficient (Wildman–Crippen LogP) is 3.57. The zero-order valence-electron chi connectivity index (χ0n) is 9.83. The number of halogens is 3. The molecule has 1 heterocycles. The van der Waals surface area contributed by atoms with Crippen LogP contribution in [0.3, 0.4) is 0 Å². The predicted molar refractivity (Wildman–Crippen MR) is 78.9 cm³/mol. The number of hydrogen-bond acceptors (Lipinski definition) is 5. The zero-order valence-corrected chi connectivity index (χ0v) is 13.8. The summed E-state index contributed by atoms with van der Waals surface area (Å²) in [6.45, 7) is 0. The SMILES string of the molecule is O=C(O)N(c1cscn1)S(=O)(=O)c1cc(Cl)c(Br)cc1F. The normalized spacial score (nSPS) is 11.4. The van der Waals surface area contributed by atoms with Crippen LogP contribution in [0.1, 0.15) is 0 Å². The van der Waals surface area contributed by atoms with Gasteiger partial charge in [0.15, 0.2) is 5.82 Å². The average molecular weight is 416 g/mol. The average Bonchev–Trinajstić information content (AvgIpc) is 2.86. The first-order valence-electron chi connectivity index (χ1n) is 5.06. The number of anilines is 1. The van der Waals surface area contributed by atoms with Crippen molar-refractivity contribution in [3.63, 3.8) is 0 Å². The van der Waals surface area contributed by atoms with Crippen molar-refractivity contribution in [2.75, 3.05) is 4.31 Å². The molecule has 0 aliphatic rings. The van der Waals surface area contributed by atoms with E-state index in [1.54, 1.807) is 0 Å². The molecule has 0 atom stereocenters. The lowest BCUT2D eigenvalue weighted by molar-refractivity contribution is 0.206. The van der Waals surface area contributed by atoms with Crippen molar-refractivity contribution in [1.29, 1.82) is 0 Å². The van der Waals surface area contributed by atoms with Gasteiger partial charge in [-0.1, -0.05) is 11.6 Å². The smallest absolute Gasteiger partial charge is 0.427 e. The first kappa shape index (κ1) is 16.1. The monoisotopic (exact) mass is 414 g/mol. The quantitative estimate of drug-likeness (QED) is 0.774. The molecule has 0 aliphatic carbocycles. The molecular formula is C10H5BrClFN2O4S2. The Hall–Kier alpha value is -1.23. The first-order valence-corrected chi connectivity index (χ1v) is 8.61. The van der Waals surface area contributed by atoms with Gasteiger partial charge in [-0.25, -0.2) is 22.6 Å². The van der Waals surface area contributed by atoms with E-state index in [2.05, 4.69) is 20.9 Å². The highest BCUT2D eigenvalue weighted by atomic mass is 79.9. The second kappa shape index (κ2) is 5.87. The fraction of sp³-hybridized carbons (Fsp3) is 0. The Bertz CT molecular complexity index is 798. The third-order valence-corrected chi connectivity index (χ3v) is 5.76. The number of nitrogens with zero attached hydrogens (tertiary/aromatic N) is 2. The summed E-state index contributed by atoms with van der Waals surface area (Å²) in [6.07, 6.45) is -1.81. The summed E-state index contributed by atoms with van der Waals surface area (Å²) in [4.78, 5) is 14.0. The number of hydrogen-bond donors (Lipinski definition) is 1. The maximum Gasteiger partial charge on any atom is 0.427 e. The van der Waals surface area contributed by atoms with Crippen LogP contribution in [0.25, 0.3) is 0 Å². The molecule has 0 saturated heterocycles. The number of benzene rings is 1. The van der Waals surface area contributed by atoms with E-state index >= 15 is 0 Å². The minimum atomic E-state index is -4.70. The summed E-state index contributed by atoms with van der Waals surface area (Å²) in [5, 5.41) is 10.2. The number of thiazole rings is 1. The van der Waals surface area contributed by atoms with E-state index in [0.29, 0.717) is 0 Å². The summed E-state index contributed by atoms with van der Waals surface area (Å²) in [5.41, 5.74) is 1.26. The van der Waals surface area contributed by atoms with Crippen molar-refractivity contribution in [2.24, 2.45) is 0 Å². The van der Waals surface area contributed by atoms with E-state index in [-0.39, 0.29) is 19.6 Å². The lowest BCUT2D eigenvalue weighted by Crippen LogP contribution is -2.36. The topological polar surface area (TPSA) is 87.6 Å². The molecule has 1 aromatic carbocycles. The Morgan fingerprint density at radius 2 is 2.14 bits per heavy atom. The van der Waals surface area contributed by atoms with Crippen LogP contribution in [0.5, 0.6) is 0 Å². The van der Waals surface area contributed by atoms with Crippen molar-refractivity contribution < 1.29 is 22.7 Å². The van der Waals surface area contributed by atoms with E-state index in [1.807, 2.05) is 0 Å². The Balaban J connectivity index is 2.65. The van der Waals surface area contributed by atoms with E-state index < -0.39 is 26.8 Å². The van der Waals surface area contributed by atoms with E-state index in [1.165, 1.54) is 10.9 Å². The molecule has 21 heavy (non-hydrogen) atoms. The van der Waals surface area contributed by atoms with Crippen molar-refractivity contribution in [1.82, 2.24) is 4.98 Å². The molecule has 2 aromatic rings. The molecule has 0 aliphatic heterocycles. The lowest BCUT2D eigenvalue weighted by atomic mass is 10.3. The Morgan fingerprint density at radius 1 is 1.48 bits per heavy atom. The van der Waals surface area contributed by atoms with Gasteiger partial charge in [-0.2, -0.15) is 0 Å². The highest BCUT2D eigenvalue weighted by Gasteiger charge is 2.35. The largest absolute Gasteiger partial charge is 0.464 e. The van der Waals surface area contributed by atoms with Gasteiger partial charge in [-0.3, -0.25) is 0 Å². The summed E-state index contributed by atoms with van der Waals surface area (Å²) < 4.78 is 38.7. The van der Waals surface area contributed by atoms with Gasteiger partial charge in [0.25, 0.3) is 10.0 Å². The van der Waals surface area contributed by atoms with Gasteiger partial charge in [-0.15, -0.1) is 15.6 Å². The molecule has 2 rings (SSSR count). The number of rotatable bonds is 3. The number of aromatic nitrogens is 1. The molecule has 1 amide bonds. The number of carbonyl (C=O) groups is 1. The molecule has 0 bridgehead atoms. The molecule has 11 heteroatoms. The molecule has 0 radical (unpaired) electrons. The second-order valence-electron chi connectivity index (χ2n) is 3.60. The third kappa shape index (κ3) is 3.03. The first-order chi connectivity index (χ1) is 9.75. The summed E-state index contributed by atoms with van der Waals surface area (Å²) in [6, 6.07) is 1.68. The van der Waals surface area contributed by atoms with Crippen LogP contribution < -0.4 is 4.31 Å².